The third-order valence-electron chi connectivity index (χ3n) is 4.45. The van der Waals surface area contributed by atoms with Gasteiger partial charge in [-0.25, -0.2) is 17.7 Å². The smallest absolute Gasteiger partial charge is 0.211 e. The first-order valence-corrected chi connectivity index (χ1v) is 9.52. The molecule has 1 aliphatic heterocycles. The van der Waals surface area contributed by atoms with E-state index in [9.17, 15) is 8.42 Å². The first kappa shape index (κ1) is 16.1. The summed E-state index contributed by atoms with van der Waals surface area (Å²) < 4.78 is 29.1. The minimum absolute atomic E-state index is 0.0913. The van der Waals surface area contributed by atoms with E-state index in [0.29, 0.717) is 19.6 Å². The minimum Gasteiger partial charge on any atom is -0.328 e. The van der Waals surface area contributed by atoms with Crippen molar-refractivity contribution >= 4 is 10.0 Å². The van der Waals surface area contributed by atoms with E-state index >= 15 is 0 Å². The molecule has 1 aliphatic rings. The van der Waals surface area contributed by atoms with Crippen molar-refractivity contribution in [3.63, 3.8) is 0 Å². The van der Waals surface area contributed by atoms with Crippen LogP contribution in [0.15, 0.2) is 12.4 Å². The van der Waals surface area contributed by atoms with Crippen LogP contribution in [0.1, 0.15) is 36.2 Å². The van der Waals surface area contributed by atoms with Crippen LogP contribution in [0.4, 0.5) is 0 Å². The molecule has 3 heterocycles. The van der Waals surface area contributed by atoms with Crippen LogP contribution in [0.2, 0.25) is 0 Å². The van der Waals surface area contributed by atoms with Crippen molar-refractivity contribution in [3.05, 3.63) is 29.9 Å². The topological polar surface area (TPSA) is 85.9 Å². The van der Waals surface area contributed by atoms with Gasteiger partial charge in [0.15, 0.2) is 5.82 Å². The van der Waals surface area contributed by atoms with E-state index in [-0.39, 0.29) is 5.92 Å². The molecule has 9 heteroatoms. The second-order valence-electron chi connectivity index (χ2n) is 6.10. The van der Waals surface area contributed by atoms with Crippen LogP contribution in [0.5, 0.6) is 0 Å². The Bertz CT molecular complexity index is 794. The number of imidazole rings is 1. The van der Waals surface area contributed by atoms with Gasteiger partial charge >= 0.3 is 0 Å². The van der Waals surface area contributed by atoms with Gasteiger partial charge in [0.2, 0.25) is 10.0 Å². The van der Waals surface area contributed by atoms with Gasteiger partial charge in [0.1, 0.15) is 11.6 Å². The SMILES string of the molecule is Cc1nccn1Cc1nnc([C@@H]2CCCN(S(C)(=O)=O)C2)n1C. The zero-order chi connectivity index (χ0) is 16.6. The van der Waals surface area contributed by atoms with Crippen LogP contribution in [0.3, 0.4) is 0 Å². The van der Waals surface area contributed by atoms with Crippen LogP contribution in [-0.4, -0.2) is 56.4 Å². The first-order chi connectivity index (χ1) is 10.9. The molecule has 23 heavy (non-hydrogen) atoms. The molecule has 2 aromatic heterocycles. The van der Waals surface area contributed by atoms with Crippen LogP contribution in [0.25, 0.3) is 0 Å². The molecule has 3 rings (SSSR count). The average molecular weight is 338 g/mol. The summed E-state index contributed by atoms with van der Waals surface area (Å²) in [6.07, 6.45) is 6.72. The lowest BCUT2D eigenvalue weighted by molar-refractivity contribution is 0.307. The standard InChI is InChI=1S/C14H22N6O2S/c1-11-15-6-8-19(11)10-13-16-17-14(18(13)2)12-5-4-7-20(9-12)23(3,21)22/h6,8,12H,4-5,7,9-10H2,1-3H3/t12-/m1/s1. The summed E-state index contributed by atoms with van der Waals surface area (Å²) in [5, 5.41) is 8.61. The molecular weight excluding hydrogens is 316 g/mol. The highest BCUT2D eigenvalue weighted by Crippen LogP contribution is 2.27. The first-order valence-electron chi connectivity index (χ1n) is 7.67. The lowest BCUT2D eigenvalue weighted by atomic mass is 9.99. The summed E-state index contributed by atoms with van der Waals surface area (Å²) in [6.45, 7) is 3.63. The van der Waals surface area contributed by atoms with E-state index in [2.05, 4.69) is 15.2 Å². The Balaban J connectivity index is 1.80. The second kappa shape index (κ2) is 6.04. The molecule has 0 aromatic carbocycles. The van der Waals surface area contributed by atoms with Gasteiger partial charge in [-0.1, -0.05) is 0 Å². The van der Waals surface area contributed by atoms with E-state index in [1.807, 2.05) is 29.3 Å². The van der Waals surface area contributed by atoms with E-state index in [0.717, 1.165) is 30.3 Å². The molecule has 0 radical (unpaired) electrons. The van der Waals surface area contributed by atoms with Gasteiger partial charge in [0.25, 0.3) is 0 Å². The van der Waals surface area contributed by atoms with Crippen molar-refractivity contribution in [2.75, 3.05) is 19.3 Å². The zero-order valence-electron chi connectivity index (χ0n) is 13.7. The summed E-state index contributed by atoms with van der Waals surface area (Å²) in [7, 11) is -1.22. The molecule has 0 unspecified atom stereocenters. The highest BCUT2D eigenvalue weighted by atomic mass is 32.2. The average Bonchev–Trinajstić information content (AvgIpc) is 3.06. The fourth-order valence-corrected chi connectivity index (χ4v) is 3.96. The molecule has 0 amide bonds. The van der Waals surface area contributed by atoms with Crippen LogP contribution in [0, 0.1) is 6.92 Å². The predicted octanol–water partition coefficient (Wildman–Crippen LogP) is 0.507. The Hall–Kier alpha value is -1.74. The second-order valence-corrected chi connectivity index (χ2v) is 8.08. The lowest BCUT2D eigenvalue weighted by Crippen LogP contribution is -2.39. The molecule has 1 saturated heterocycles. The monoisotopic (exact) mass is 338 g/mol. The summed E-state index contributed by atoms with van der Waals surface area (Å²) in [5.74, 6) is 2.72. The van der Waals surface area contributed by atoms with Crippen molar-refractivity contribution < 1.29 is 8.42 Å². The van der Waals surface area contributed by atoms with Gasteiger partial charge in [-0.3, -0.25) is 0 Å². The van der Waals surface area contributed by atoms with Crippen molar-refractivity contribution in [3.8, 4) is 0 Å². The quantitative estimate of drug-likeness (QED) is 0.811. The van der Waals surface area contributed by atoms with Crippen LogP contribution < -0.4 is 0 Å². The van der Waals surface area contributed by atoms with Gasteiger partial charge in [-0.05, 0) is 19.8 Å². The Morgan fingerprint density at radius 3 is 2.78 bits per heavy atom. The van der Waals surface area contributed by atoms with Crippen molar-refractivity contribution in [2.45, 2.75) is 32.2 Å². The Kier molecular flexibility index (Phi) is 4.24. The fourth-order valence-electron chi connectivity index (χ4n) is 3.05. The molecule has 1 fully saturated rings. The molecule has 0 N–H and O–H groups in total. The molecule has 8 nitrogen and oxygen atoms in total. The number of nitrogens with zero attached hydrogens (tertiary/aromatic N) is 6. The van der Waals surface area contributed by atoms with Gasteiger partial charge in [0.05, 0.1) is 12.8 Å². The third kappa shape index (κ3) is 3.30. The number of piperidine rings is 1. The van der Waals surface area contributed by atoms with Crippen LogP contribution >= 0.6 is 0 Å². The van der Waals surface area contributed by atoms with Crippen molar-refractivity contribution in [1.29, 1.82) is 0 Å². The molecule has 0 saturated carbocycles. The van der Waals surface area contributed by atoms with Crippen molar-refractivity contribution in [1.82, 2.24) is 28.6 Å². The number of hydrogen-bond donors (Lipinski definition) is 0. The fraction of sp³-hybridized carbons (Fsp3) is 0.643. The molecule has 0 spiro atoms. The van der Waals surface area contributed by atoms with E-state index in [1.165, 1.54) is 10.6 Å². The maximum Gasteiger partial charge on any atom is 0.211 e. The number of sulfonamides is 1. The molecule has 0 bridgehead atoms. The summed E-state index contributed by atoms with van der Waals surface area (Å²) in [5.41, 5.74) is 0. The van der Waals surface area contributed by atoms with E-state index in [4.69, 9.17) is 0 Å². The normalized spacial score (nSPS) is 20.0. The Morgan fingerprint density at radius 2 is 2.13 bits per heavy atom. The molecule has 0 aliphatic carbocycles. The molecular formula is C14H22N6O2S. The van der Waals surface area contributed by atoms with Gasteiger partial charge < -0.3 is 9.13 Å². The predicted molar refractivity (Wildman–Crippen MR) is 85.5 cm³/mol. The number of aromatic nitrogens is 5. The third-order valence-corrected chi connectivity index (χ3v) is 5.72. The highest BCUT2D eigenvalue weighted by Gasteiger charge is 2.30. The zero-order valence-corrected chi connectivity index (χ0v) is 14.5. The Morgan fingerprint density at radius 1 is 1.35 bits per heavy atom. The van der Waals surface area contributed by atoms with E-state index < -0.39 is 10.0 Å². The van der Waals surface area contributed by atoms with Gasteiger partial charge in [-0.15, -0.1) is 10.2 Å². The molecule has 1 atom stereocenters. The maximum absolute atomic E-state index is 11.8. The largest absolute Gasteiger partial charge is 0.328 e. The van der Waals surface area contributed by atoms with Gasteiger partial charge in [-0.2, -0.15) is 0 Å². The highest BCUT2D eigenvalue weighted by molar-refractivity contribution is 7.88. The summed E-state index contributed by atoms with van der Waals surface area (Å²) in [4.78, 5) is 4.21. The molecule has 126 valence electrons. The van der Waals surface area contributed by atoms with Crippen LogP contribution in [-0.2, 0) is 23.6 Å². The van der Waals surface area contributed by atoms with E-state index in [1.54, 1.807) is 6.20 Å². The van der Waals surface area contributed by atoms with Crippen molar-refractivity contribution in [2.24, 2.45) is 7.05 Å². The summed E-state index contributed by atoms with van der Waals surface area (Å²) >= 11 is 0. The summed E-state index contributed by atoms with van der Waals surface area (Å²) in [6, 6.07) is 0. The number of hydrogen-bond acceptors (Lipinski definition) is 5. The Labute approximate surface area is 136 Å². The maximum atomic E-state index is 11.8. The lowest BCUT2D eigenvalue weighted by Gasteiger charge is -2.30. The molecule has 2 aromatic rings. The number of aryl methyl sites for hydroxylation is 1. The minimum atomic E-state index is -3.16. The number of rotatable bonds is 4. The van der Waals surface area contributed by atoms with Gasteiger partial charge in [0, 0.05) is 38.4 Å².